The van der Waals surface area contributed by atoms with Crippen molar-refractivity contribution in [3.8, 4) is 5.75 Å². The van der Waals surface area contributed by atoms with E-state index in [1.54, 1.807) is 12.1 Å². The highest BCUT2D eigenvalue weighted by Gasteiger charge is 2.25. The molecule has 0 saturated heterocycles. The normalized spacial score (nSPS) is 23.1. The molecule has 1 amide bonds. The van der Waals surface area contributed by atoms with Crippen LogP contribution in [-0.4, -0.2) is 23.6 Å². The summed E-state index contributed by atoms with van der Waals surface area (Å²) in [6.45, 7) is 2.42. The van der Waals surface area contributed by atoms with Crippen molar-refractivity contribution in [1.29, 1.82) is 0 Å². The summed E-state index contributed by atoms with van der Waals surface area (Å²) in [5.74, 6) is 0.407. The molecule has 1 aliphatic carbocycles. The molecule has 0 heterocycles. The van der Waals surface area contributed by atoms with Crippen LogP contribution in [0, 0.1) is 12.8 Å². The Hall–Kier alpha value is -1.55. The number of carbonyl (C=O) groups is 1. The van der Waals surface area contributed by atoms with Crippen molar-refractivity contribution in [3.05, 3.63) is 29.3 Å². The van der Waals surface area contributed by atoms with Gasteiger partial charge < -0.3 is 16.2 Å². The number of hydrogen-bond donors (Lipinski definition) is 3. The minimum atomic E-state index is -0.124. The second kappa shape index (κ2) is 6.06. The Morgan fingerprint density at radius 3 is 2.84 bits per heavy atom. The molecule has 0 radical (unpaired) electrons. The topological polar surface area (TPSA) is 75.4 Å². The summed E-state index contributed by atoms with van der Waals surface area (Å²) in [5, 5.41) is 12.7. The van der Waals surface area contributed by atoms with E-state index in [-0.39, 0.29) is 17.7 Å². The quantitative estimate of drug-likeness (QED) is 0.779. The lowest BCUT2D eigenvalue weighted by molar-refractivity contribution is 0.0907. The molecule has 0 aliphatic heterocycles. The fraction of sp³-hybridized carbons (Fsp3) is 0.533. The molecule has 2 unspecified atom stereocenters. The summed E-state index contributed by atoms with van der Waals surface area (Å²) in [7, 11) is 0. The molecular weight excluding hydrogens is 240 g/mol. The standard InChI is InChI=1S/C15H22N2O2/c1-10-6-7-11(8-14(10)18)15(19)17-13-5-3-2-4-12(13)9-16/h6-8,12-13,18H,2-5,9,16H2,1H3,(H,17,19). The monoisotopic (exact) mass is 262 g/mol. The zero-order chi connectivity index (χ0) is 13.8. The number of phenolic OH excluding ortho intramolecular Hbond substituents is 1. The molecule has 1 saturated carbocycles. The summed E-state index contributed by atoms with van der Waals surface area (Å²) in [5.41, 5.74) is 7.04. The molecule has 104 valence electrons. The van der Waals surface area contributed by atoms with Crippen molar-refractivity contribution in [2.75, 3.05) is 6.54 Å². The molecular formula is C15H22N2O2. The van der Waals surface area contributed by atoms with Gasteiger partial charge in [0.05, 0.1) is 0 Å². The molecule has 1 aromatic rings. The number of rotatable bonds is 3. The van der Waals surface area contributed by atoms with Crippen molar-refractivity contribution in [2.24, 2.45) is 11.7 Å². The number of nitrogens with two attached hydrogens (primary N) is 1. The van der Waals surface area contributed by atoms with E-state index in [4.69, 9.17) is 5.73 Å². The SMILES string of the molecule is Cc1ccc(C(=O)NC2CCCCC2CN)cc1O. The zero-order valence-corrected chi connectivity index (χ0v) is 11.4. The van der Waals surface area contributed by atoms with Crippen molar-refractivity contribution in [3.63, 3.8) is 0 Å². The first kappa shape index (κ1) is 13.9. The van der Waals surface area contributed by atoms with Crippen molar-refractivity contribution in [2.45, 2.75) is 38.6 Å². The fourth-order valence-corrected chi connectivity index (χ4v) is 2.68. The fourth-order valence-electron chi connectivity index (χ4n) is 2.68. The Bertz CT molecular complexity index is 459. The number of amides is 1. The molecule has 4 heteroatoms. The van der Waals surface area contributed by atoms with Gasteiger partial charge in [-0.1, -0.05) is 18.9 Å². The maximum Gasteiger partial charge on any atom is 0.251 e. The average molecular weight is 262 g/mol. The predicted molar refractivity (Wildman–Crippen MR) is 75.1 cm³/mol. The number of nitrogens with one attached hydrogen (secondary N) is 1. The summed E-state index contributed by atoms with van der Waals surface area (Å²) < 4.78 is 0. The first-order valence-corrected chi connectivity index (χ1v) is 6.92. The summed E-state index contributed by atoms with van der Waals surface area (Å²) in [4.78, 5) is 12.2. The minimum absolute atomic E-state index is 0.124. The van der Waals surface area contributed by atoms with Crippen molar-refractivity contribution in [1.82, 2.24) is 5.32 Å². The lowest BCUT2D eigenvalue weighted by Crippen LogP contribution is -2.44. The third kappa shape index (κ3) is 3.26. The molecule has 2 rings (SSSR count). The third-order valence-electron chi connectivity index (χ3n) is 4.00. The smallest absolute Gasteiger partial charge is 0.251 e. The maximum absolute atomic E-state index is 12.2. The van der Waals surface area contributed by atoms with Gasteiger partial charge in [0.25, 0.3) is 5.91 Å². The van der Waals surface area contributed by atoms with Gasteiger partial charge in [-0.3, -0.25) is 4.79 Å². The summed E-state index contributed by atoms with van der Waals surface area (Å²) in [6, 6.07) is 5.18. The van der Waals surface area contributed by atoms with Crippen LogP contribution in [0.4, 0.5) is 0 Å². The van der Waals surface area contributed by atoms with Gasteiger partial charge in [-0.15, -0.1) is 0 Å². The number of hydrogen-bond acceptors (Lipinski definition) is 3. The van der Waals surface area contributed by atoms with Gasteiger partial charge in [0.2, 0.25) is 0 Å². The molecule has 4 nitrogen and oxygen atoms in total. The van der Waals surface area contributed by atoms with Gasteiger partial charge in [-0.2, -0.15) is 0 Å². The highest BCUT2D eigenvalue weighted by molar-refractivity contribution is 5.94. The van der Waals surface area contributed by atoms with Crippen LogP contribution in [0.15, 0.2) is 18.2 Å². The zero-order valence-electron chi connectivity index (χ0n) is 11.4. The van der Waals surface area contributed by atoms with E-state index in [1.807, 2.05) is 6.92 Å². The maximum atomic E-state index is 12.2. The largest absolute Gasteiger partial charge is 0.508 e. The Morgan fingerprint density at radius 1 is 1.42 bits per heavy atom. The van der Waals surface area contributed by atoms with Crippen molar-refractivity contribution >= 4 is 5.91 Å². The number of phenols is 1. The minimum Gasteiger partial charge on any atom is -0.508 e. The molecule has 19 heavy (non-hydrogen) atoms. The average Bonchev–Trinajstić information content (AvgIpc) is 2.42. The van der Waals surface area contributed by atoms with E-state index >= 15 is 0 Å². The lowest BCUT2D eigenvalue weighted by atomic mass is 9.84. The van der Waals surface area contributed by atoms with E-state index in [9.17, 15) is 9.90 Å². The lowest BCUT2D eigenvalue weighted by Gasteiger charge is -2.31. The van der Waals surface area contributed by atoms with E-state index in [2.05, 4.69) is 5.32 Å². The first-order valence-electron chi connectivity index (χ1n) is 6.92. The second-order valence-electron chi connectivity index (χ2n) is 5.36. The Kier molecular flexibility index (Phi) is 4.43. The van der Waals surface area contributed by atoms with E-state index in [1.165, 1.54) is 12.5 Å². The number of carbonyl (C=O) groups excluding carboxylic acids is 1. The van der Waals surface area contributed by atoms with Crippen LogP contribution in [0.2, 0.25) is 0 Å². The van der Waals surface area contributed by atoms with Crippen LogP contribution >= 0.6 is 0 Å². The van der Waals surface area contributed by atoms with Crippen LogP contribution in [0.3, 0.4) is 0 Å². The van der Waals surface area contributed by atoms with Crippen molar-refractivity contribution < 1.29 is 9.90 Å². The Labute approximate surface area is 114 Å². The first-order chi connectivity index (χ1) is 9.11. The van der Waals surface area contributed by atoms with E-state index in [0.717, 1.165) is 24.8 Å². The van der Waals surface area contributed by atoms with Gasteiger partial charge in [0, 0.05) is 11.6 Å². The third-order valence-corrected chi connectivity index (χ3v) is 4.00. The number of aryl methyl sites for hydroxylation is 1. The van der Waals surface area contributed by atoms with Gasteiger partial charge in [0.15, 0.2) is 0 Å². The molecule has 4 N–H and O–H groups in total. The molecule has 2 atom stereocenters. The summed E-state index contributed by atoms with van der Waals surface area (Å²) in [6.07, 6.45) is 4.41. The summed E-state index contributed by atoms with van der Waals surface area (Å²) >= 11 is 0. The number of aromatic hydroxyl groups is 1. The molecule has 0 spiro atoms. The highest BCUT2D eigenvalue weighted by atomic mass is 16.3. The van der Waals surface area contributed by atoms with Crippen LogP contribution in [0.25, 0.3) is 0 Å². The van der Waals surface area contributed by atoms with Gasteiger partial charge in [-0.05, 0) is 49.9 Å². The van der Waals surface area contributed by atoms with E-state index in [0.29, 0.717) is 18.0 Å². The Balaban J connectivity index is 2.05. The molecule has 1 aliphatic rings. The van der Waals surface area contributed by atoms with E-state index < -0.39 is 0 Å². The molecule has 0 aromatic heterocycles. The van der Waals surface area contributed by atoms with Gasteiger partial charge in [0.1, 0.15) is 5.75 Å². The molecule has 1 aromatic carbocycles. The Morgan fingerprint density at radius 2 is 2.16 bits per heavy atom. The predicted octanol–water partition coefficient (Wildman–Crippen LogP) is 1.95. The van der Waals surface area contributed by atoms with Crippen LogP contribution in [0.1, 0.15) is 41.6 Å². The molecule has 1 fully saturated rings. The highest BCUT2D eigenvalue weighted by Crippen LogP contribution is 2.24. The van der Waals surface area contributed by atoms with Crippen LogP contribution in [0.5, 0.6) is 5.75 Å². The van der Waals surface area contributed by atoms with Crippen LogP contribution in [-0.2, 0) is 0 Å². The van der Waals surface area contributed by atoms with Gasteiger partial charge in [-0.25, -0.2) is 0 Å². The molecule has 0 bridgehead atoms. The number of benzene rings is 1. The van der Waals surface area contributed by atoms with Crippen LogP contribution < -0.4 is 11.1 Å². The second-order valence-corrected chi connectivity index (χ2v) is 5.36. The van der Waals surface area contributed by atoms with Gasteiger partial charge >= 0.3 is 0 Å².